The van der Waals surface area contributed by atoms with E-state index in [1.165, 1.54) is 12.1 Å². The van der Waals surface area contributed by atoms with Gasteiger partial charge in [0.1, 0.15) is 22.8 Å². The van der Waals surface area contributed by atoms with E-state index in [1.807, 2.05) is 42.5 Å². The molecule has 6 rings (SSSR count). The van der Waals surface area contributed by atoms with Gasteiger partial charge in [0, 0.05) is 18.3 Å². The van der Waals surface area contributed by atoms with E-state index in [4.69, 9.17) is 5.73 Å². The highest BCUT2D eigenvalue weighted by Gasteiger charge is 2.63. The van der Waals surface area contributed by atoms with Crippen molar-refractivity contribution in [1.29, 1.82) is 0 Å². The number of aliphatic hydroxyl groups excluding tert-OH is 3. The van der Waals surface area contributed by atoms with Gasteiger partial charge in [-0.3, -0.25) is 14.4 Å². The molecule has 0 aromatic heterocycles. The minimum absolute atomic E-state index is 0.173. The number of amides is 1. The molecular weight excluding hydrogens is 502 g/mol. The van der Waals surface area contributed by atoms with E-state index in [9.17, 15) is 39.9 Å². The maximum Gasteiger partial charge on any atom is 0.255 e. The number of rotatable bonds is 2. The molecule has 3 aliphatic rings. The Balaban J connectivity index is 1.63. The second-order valence-electron chi connectivity index (χ2n) is 10.1. The fourth-order valence-corrected chi connectivity index (χ4v) is 6.16. The minimum Gasteiger partial charge on any atom is -0.511 e. The van der Waals surface area contributed by atoms with Crippen molar-refractivity contribution in [1.82, 2.24) is 0 Å². The van der Waals surface area contributed by atoms with Crippen LogP contribution in [0.4, 0.5) is 0 Å². The van der Waals surface area contributed by atoms with Crippen LogP contribution in [0.15, 0.2) is 83.3 Å². The number of phenols is 1. The summed E-state index contributed by atoms with van der Waals surface area (Å²) in [5.74, 6) is -8.54. The summed E-state index contributed by atoms with van der Waals surface area (Å²) in [5, 5.41) is 57.5. The van der Waals surface area contributed by atoms with Crippen LogP contribution in [0.25, 0.3) is 22.4 Å². The number of carbonyl (C=O) groups is 3. The van der Waals surface area contributed by atoms with E-state index in [1.54, 1.807) is 12.1 Å². The van der Waals surface area contributed by atoms with Gasteiger partial charge in [0.15, 0.2) is 11.4 Å². The Morgan fingerprint density at radius 3 is 2.41 bits per heavy atom. The van der Waals surface area contributed by atoms with Crippen LogP contribution in [0.1, 0.15) is 27.9 Å². The van der Waals surface area contributed by atoms with Crippen molar-refractivity contribution in [2.24, 2.45) is 17.6 Å². The summed E-state index contributed by atoms with van der Waals surface area (Å²) in [4.78, 5) is 38.8. The third-order valence-corrected chi connectivity index (χ3v) is 7.99. The number of benzene rings is 3. The van der Waals surface area contributed by atoms with E-state index in [2.05, 4.69) is 0 Å². The SMILES string of the molecule is NC(=O)C1=C(O)C[C@@H]2[C@@H](O)[C@H]3C(=C(O)[C@]2(O)C1=O)C(=O)c1c(O)cccc1/C3=C\c1ccc2ccccc2c1. The number of Topliss-reactive ketones (excluding diaryl/α,β-unsaturated/α-hetero) is 2. The molecule has 196 valence electrons. The van der Waals surface area contributed by atoms with Crippen LogP contribution in [0.2, 0.25) is 0 Å². The van der Waals surface area contributed by atoms with Gasteiger partial charge >= 0.3 is 0 Å². The van der Waals surface area contributed by atoms with E-state index in [0.717, 1.165) is 10.8 Å². The predicted molar refractivity (Wildman–Crippen MR) is 140 cm³/mol. The van der Waals surface area contributed by atoms with Crippen LogP contribution in [0.3, 0.4) is 0 Å². The van der Waals surface area contributed by atoms with Crippen LogP contribution < -0.4 is 5.73 Å². The summed E-state index contributed by atoms with van der Waals surface area (Å²) < 4.78 is 0. The first-order chi connectivity index (χ1) is 18.6. The molecule has 0 aliphatic heterocycles. The number of nitrogens with two attached hydrogens (primary N) is 1. The van der Waals surface area contributed by atoms with Gasteiger partial charge < -0.3 is 31.3 Å². The number of aromatic hydroxyl groups is 1. The van der Waals surface area contributed by atoms with Gasteiger partial charge in [0.2, 0.25) is 5.78 Å². The highest BCUT2D eigenvalue weighted by atomic mass is 16.4. The van der Waals surface area contributed by atoms with E-state index in [-0.39, 0.29) is 5.56 Å². The van der Waals surface area contributed by atoms with Gasteiger partial charge in [-0.05, 0) is 39.6 Å². The lowest BCUT2D eigenvalue weighted by molar-refractivity contribution is -0.152. The molecule has 4 atom stereocenters. The molecule has 3 aliphatic carbocycles. The number of carbonyl (C=O) groups excluding carboxylic acids is 3. The number of aliphatic hydroxyl groups is 4. The third-order valence-electron chi connectivity index (χ3n) is 7.99. The topological polar surface area (TPSA) is 178 Å². The molecule has 3 aromatic carbocycles. The average molecular weight is 526 g/mol. The number of phenolic OH excluding ortho intramolecular Hbond substituents is 1. The first-order valence-electron chi connectivity index (χ1n) is 12.2. The van der Waals surface area contributed by atoms with Crippen LogP contribution >= 0.6 is 0 Å². The molecule has 0 saturated carbocycles. The molecule has 7 N–H and O–H groups in total. The second kappa shape index (κ2) is 8.39. The highest BCUT2D eigenvalue weighted by molar-refractivity contribution is 6.25. The number of primary amides is 1. The molecule has 0 unspecified atom stereocenters. The summed E-state index contributed by atoms with van der Waals surface area (Å²) in [7, 11) is 0. The Hall–Kier alpha value is -4.73. The van der Waals surface area contributed by atoms with Crippen molar-refractivity contribution < 1.29 is 39.9 Å². The molecule has 0 bridgehead atoms. The molecule has 9 heteroatoms. The van der Waals surface area contributed by atoms with Gasteiger partial charge in [0.05, 0.1) is 17.2 Å². The largest absolute Gasteiger partial charge is 0.511 e. The lowest BCUT2D eigenvalue weighted by atomic mass is 9.57. The molecule has 0 radical (unpaired) electrons. The highest BCUT2D eigenvalue weighted by Crippen LogP contribution is 2.55. The zero-order valence-electron chi connectivity index (χ0n) is 20.3. The molecule has 1 amide bonds. The summed E-state index contributed by atoms with van der Waals surface area (Å²) in [6.07, 6.45) is -0.509. The fraction of sp³-hybridized carbons (Fsp3) is 0.167. The lowest BCUT2D eigenvalue weighted by Gasteiger charge is -2.49. The number of allylic oxidation sites excluding steroid dienone is 1. The first-order valence-corrected chi connectivity index (χ1v) is 12.2. The van der Waals surface area contributed by atoms with Gasteiger partial charge in [-0.2, -0.15) is 0 Å². The molecule has 0 spiro atoms. The Morgan fingerprint density at radius 2 is 1.69 bits per heavy atom. The van der Waals surface area contributed by atoms with Crippen LogP contribution in [-0.4, -0.2) is 54.7 Å². The van der Waals surface area contributed by atoms with Crippen molar-refractivity contribution in [2.45, 2.75) is 18.1 Å². The summed E-state index contributed by atoms with van der Waals surface area (Å²) >= 11 is 0. The number of hydrogen-bond acceptors (Lipinski definition) is 8. The molecule has 0 saturated heterocycles. The number of fused-ring (bicyclic) bond motifs is 4. The smallest absolute Gasteiger partial charge is 0.255 e. The van der Waals surface area contributed by atoms with Gasteiger partial charge in [-0.15, -0.1) is 0 Å². The second-order valence-corrected chi connectivity index (χ2v) is 10.1. The average Bonchev–Trinajstić information content (AvgIpc) is 2.90. The molecule has 3 aromatic rings. The molecular formula is C30H23NO8. The maximum absolute atomic E-state index is 13.7. The van der Waals surface area contributed by atoms with Crippen LogP contribution in [0.5, 0.6) is 5.75 Å². The van der Waals surface area contributed by atoms with Gasteiger partial charge in [-0.1, -0.05) is 54.6 Å². The van der Waals surface area contributed by atoms with Crippen molar-refractivity contribution in [3.63, 3.8) is 0 Å². The summed E-state index contributed by atoms with van der Waals surface area (Å²) in [6.45, 7) is 0. The van der Waals surface area contributed by atoms with Crippen LogP contribution in [0, 0.1) is 11.8 Å². The van der Waals surface area contributed by atoms with Crippen molar-refractivity contribution in [3.05, 3.63) is 100 Å². The zero-order valence-corrected chi connectivity index (χ0v) is 20.3. The standard InChI is InChI=1S/C30H23NO8/c31-29(38)23-20(33)12-18-25(34)22-17(11-13-8-9-14-4-1-2-5-15(14)10-13)16-6-3-7-19(32)21(16)26(35)24(22)28(37)30(18,39)27(23)36/h1-11,18,22,25,32-34,37,39H,12H2,(H2,31,38)/b17-11+/t18-,22-,25-,30-/m1/s1. The Morgan fingerprint density at radius 1 is 0.974 bits per heavy atom. The van der Waals surface area contributed by atoms with Gasteiger partial charge in [-0.25, -0.2) is 0 Å². The van der Waals surface area contributed by atoms with Crippen molar-refractivity contribution in [2.75, 3.05) is 0 Å². The summed E-state index contributed by atoms with van der Waals surface area (Å²) in [5.41, 5.74) is 2.12. The van der Waals surface area contributed by atoms with Gasteiger partial charge in [0.25, 0.3) is 5.91 Å². The van der Waals surface area contributed by atoms with E-state index < -0.39 is 75.8 Å². The monoisotopic (exact) mass is 525 g/mol. The molecule has 0 fully saturated rings. The lowest BCUT2D eigenvalue weighted by Crippen LogP contribution is -2.62. The number of ketones is 2. The molecule has 9 nitrogen and oxygen atoms in total. The maximum atomic E-state index is 13.7. The van der Waals surface area contributed by atoms with Crippen molar-refractivity contribution >= 4 is 39.9 Å². The minimum atomic E-state index is -2.90. The van der Waals surface area contributed by atoms with Crippen LogP contribution in [-0.2, 0) is 9.59 Å². The zero-order chi connectivity index (χ0) is 27.8. The molecule has 39 heavy (non-hydrogen) atoms. The Labute approximate surface area is 221 Å². The predicted octanol–water partition coefficient (Wildman–Crippen LogP) is 2.70. The third kappa shape index (κ3) is 3.30. The fourth-order valence-electron chi connectivity index (χ4n) is 6.16. The first kappa shape index (κ1) is 24.6. The van der Waals surface area contributed by atoms with Crippen molar-refractivity contribution in [3.8, 4) is 5.75 Å². The molecule has 0 heterocycles. The normalized spacial score (nSPS) is 27.4. The quantitative estimate of drug-likeness (QED) is 0.276. The Kier molecular flexibility index (Phi) is 5.29. The number of hydrogen-bond donors (Lipinski definition) is 6. The van der Waals surface area contributed by atoms with E-state index >= 15 is 0 Å². The Bertz CT molecular complexity index is 1730. The van der Waals surface area contributed by atoms with E-state index in [0.29, 0.717) is 16.7 Å². The summed E-state index contributed by atoms with van der Waals surface area (Å²) in [6, 6.07) is 17.7.